The molecule has 2 fully saturated rings. The highest BCUT2D eigenvalue weighted by Crippen LogP contribution is 2.52. The van der Waals surface area contributed by atoms with Crippen LogP contribution in [0.5, 0.6) is 0 Å². The van der Waals surface area contributed by atoms with Crippen molar-refractivity contribution in [1.82, 2.24) is 20.7 Å². The zero-order valence-electron chi connectivity index (χ0n) is 12.4. The monoisotopic (exact) mass is 306 g/mol. The van der Waals surface area contributed by atoms with Crippen LogP contribution in [0.15, 0.2) is 18.2 Å². The molecule has 0 spiro atoms. The smallest absolute Gasteiger partial charge is 0.116 e. The van der Waals surface area contributed by atoms with Crippen LogP contribution in [-0.4, -0.2) is 28.5 Å². The fraction of sp³-hybridized carbons (Fsp3) is 0.625. The van der Waals surface area contributed by atoms with E-state index < -0.39 is 0 Å². The molecule has 1 aromatic heterocycles. The third-order valence-corrected chi connectivity index (χ3v) is 5.78. The fourth-order valence-corrected chi connectivity index (χ4v) is 4.91. The number of H-pyrrole nitrogens is 1. The molecule has 1 aliphatic heterocycles. The lowest BCUT2D eigenvalue weighted by Gasteiger charge is -2.53. The van der Waals surface area contributed by atoms with Gasteiger partial charge in [-0.1, -0.05) is 25.5 Å². The molecule has 0 amide bonds. The van der Waals surface area contributed by atoms with Gasteiger partial charge in [-0.05, 0) is 55.8 Å². The largest absolute Gasteiger partial charge is 0.316 e. The number of para-hydroxylation sites is 1. The molecule has 2 atom stereocenters. The van der Waals surface area contributed by atoms with Gasteiger partial charge in [0.1, 0.15) is 11.0 Å². The van der Waals surface area contributed by atoms with Crippen LogP contribution >= 0.6 is 12.4 Å². The van der Waals surface area contributed by atoms with Gasteiger partial charge in [0.15, 0.2) is 0 Å². The summed E-state index contributed by atoms with van der Waals surface area (Å²) < 4.78 is 0. The second kappa shape index (κ2) is 5.58. The molecule has 4 nitrogen and oxygen atoms in total. The molecule has 21 heavy (non-hydrogen) atoms. The van der Waals surface area contributed by atoms with E-state index in [2.05, 4.69) is 45.9 Å². The number of hydrogen-bond donors (Lipinski definition) is 2. The number of aromatic amines is 1. The van der Waals surface area contributed by atoms with E-state index >= 15 is 0 Å². The van der Waals surface area contributed by atoms with Crippen LogP contribution in [0.1, 0.15) is 38.2 Å². The van der Waals surface area contributed by atoms with E-state index in [1.165, 1.54) is 31.2 Å². The minimum Gasteiger partial charge on any atom is -0.316 e. The van der Waals surface area contributed by atoms with Crippen molar-refractivity contribution in [3.8, 4) is 0 Å². The number of nitrogens with zero attached hydrogens (tertiary/aromatic N) is 2. The lowest BCUT2D eigenvalue weighted by atomic mass is 9.54. The van der Waals surface area contributed by atoms with Crippen molar-refractivity contribution >= 4 is 23.4 Å². The van der Waals surface area contributed by atoms with E-state index in [1.807, 2.05) is 0 Å². The summed E-state index contributed by atoms with van der Waals surface area (Å²) in [6.45, 7) is 4.66. The molecule has 2 aromatic rings. The van der Waals surface area contributed by atoms with Crippen molar-refractivity contribution < 1.29 is 0 Å². The molecule has 1 aliphatic carbocycles. The van der Waals surface area contributed by atoms with Crippen molar-refractivity contribution in [2.24, 2.45) is 11.8 Å². The summed E-state index contributed by atoms with van der Waals surface area (Å²) >= 11 is 0. The summed E-state index contributed by atoms with van der Waals surface area (Å²) in [5.74, 6) is 1.48. The molecule has 2 N–H and O–H groups in total. The predicted octanol–water partition coefficient (Wildman–Crippen LogP) is 3.05. The normalized spacial score (nSPS) is 31.9. The van der Waals surface area contributed by atoms with Crippen LogP contribution in [0.2, 0.25) is 0 Å². The van der Waals surface area contributed by atoms with E-state index in [-0.39, 0.29) is 12.4 Å². The average molecular weight is 307 g/mol. The topological polar surface area (TPSA) is 53.6 Å². The van der Waals surface area contributed by atoms with Crippen LogP contribution in [0.4, 0.5) is 0 Å². The van der Waals surface area contributed by atoms with Gasteiger partial charge in [0.2, 0.25) is 0 Å². The van der Waals surface area contributed by atoms with E-state index in [9.17, 15) is 0 Å². The molecule has 2 bridgehead atoms. The molecular formula is C16H23ClN4. The number of benzene rings is 1. The quantitative estimate of drug-likeness (QED) is 0.896. The molecule has 1 saturated carbocycles. The van der Waals surface area contributed by atoms with Gasteiger partial charge < -0.3 is 5.32 Å². The Morgan fingerprint density at radius 3 is 2.67 bits per heavy atom. The highest BCUT2D eigenvalue weighted by atomic mass is 35.5. The Morgan fingerprint density at radius 1 is 1.19 bits per heavy atom. The Kier molecular flexibility index (Phi) is 3.93. The third-order valence-electron chi connectivity index (χ3n) is 5.78. The maximum absolute atomic E-state index is 4.46. The zero-order valence-corrected chi connectivity index (χ0v) is 13.2. The van der Waals surface area contributed by atoms with Crippen molar-refractivity contribution in [3.63, 3.8) is 0 Å². The minimum absolute atomic E-state index is 0. The predicted molar refractivity (Wildman–Crippen MR) is 86.8 cm³/mol. The summed E-state index contributed by atoms with van der Waals surface area (Å²) in [5, 5.41) is 15.2. The van der Waals surface area contributed by atoms with Gasteiger partial charge in [-0.2, -0.15) is 15.4 Å². The first-order chi connectivity index (χ1) is 9.86. The zero-order chi connectivity index (χ0) is 13.6. The lowest BCUT2D eigenvalue weighted by molar-refractivity contribution is 0.0635. The summed E-state index contributed by atoms with van der Waals surface area (Å²) in [5.41, 5.74) is 3.82. The molecule has 5 heteroatoms. The molecular weight excluding hydrogens is 284 g/mol. The lowest BCUT2D eigenvalue weighted by Crippen LogP contribution is -2.56. The molecule has 2 heterocycles. The van der Waals surface area contributed by atoms with Crippen LogP contribution < -0.4 is 5.32 Å². The Bertz CT molecular complexity index is 602. The summed E-state index contributed by atoms with van der Waals surface area (Å²) in [6.07, 6.45) is 5.26. The first-order valence-corrected chi connectivity index (χ1v) is 7.87. The van der Waals surface area contributed by atoms with Gasteiger partial charge in [-0.3, -0.25) is 0 Å². The number of fused-ring (bicyclic) bond motifs is 3. The van der Waals surface area contributed by atoms with Gasteiger partial charge in [-0.15, -0.1) is 12.4 Å². The Labute approximate surface area is 131 Å². The Balaban J connectivity index is 0.00000132. The van der Waals surface area contributed by atoms with Gasteiger partial charge in [0.25, 0.3) is 0 Å². The molecule has 114 valence electrons. The maximum Gasteiger partial charge on any atom is 0.116 e. The highest BCUT2D eigenvalue weighted by molar-refractivity contribution is 5.85. The van der Waals surface area contributed by atoms with Gasteiger partial charge in [-0.25, -0.2) is 0 Å². The highest BCUT2D eigenvalue weighted by Gasteiger charge is 2.50. The minimum atomic E-state index is 0. The summed E-state index contributed by atoms with van der Waals surface area (Å²) in [6, 6.07) is 6.50. The number of aromatic nitrogens is 3. The Hall–Kier alpha value is -1.13. The van der Waals surface area contributed by atoms with Crippen LogP contribution in [0.3, 0.4) is 0 Å². The van der Waals surface area contributed by atoms with Crippen molar-refractivity contribution in [2.75, 3.05) is 13.1 Å². The van der Waals surface area contributed by atoms with Crippen LogP contribution in [0.25, 0.3) is 11.0 Å². The number of halogens is 1. The van der Waals surface area contributed by atoms with Crippen molar-refractivity contribution in [3.05, 3.63) is 23.8 Å². The second-order valence-corrected chi connectivity index (χ2v) is 6.37. The van der Waals surface area contributed by atoms with E-state index in [1.54, 1.807) is 0 Å². The van der Waals surface area contributed by atoms with E-state index in [0.717, 1.165) is 36.0 Å². The molecule has 2 unspecified atom stereocenters. The third kappa shape index (κ3) is 2.00. The van der Waals surface area contributed by atoms with Gasteiger partial charge >= 0.3 is 0 Å². The van der Waals surface area contributed by atoms with Crippen LogP contribution in [0, 0.1) is 11.8 Å². The van der Waals surface area contributed by atoms with Gasteiger partial charge in [0, 0.05) is 5.41 Å². The summed E-state index contributed by atoms with van der Waals surface area (Å²) in [4.78, 5) is 0. The van der Waals surface area contributed by atoms with Crippen molar-refractivity contribution in [1.29, 1.82) is 0 Å². The number of rotatable bonds is 2. The molecule has 1 aromatic carbocycles. The molecule has 1 saturated heterocycles. The van der Waals surface area contributed by atoms with Crippen LogP contribution in [-0.2, 0) is 5.41 Å². The number of nitrogens with one attached hydrogen (secondary N) is 2. The number of piperidine rings is 1. The maximum atomic E-state index is 4.46. The first-order valence-electron chi connectivity index (χ1n) is 7.87. The van der Waals surface area contributed by atoms with Gasteiger partial charge in [0.05, 0.1) is 0 Å². The second-order valence-electron chi connectivity index (χ2n) is 6.37. The molecule has 4 rings (SSSR count). The van der Waals surface area contributed by atoms with Crippen molar-refractivity contribution in [2.45, 2.75) is 38.0 Å². The average Bonchev–Trinajstić information content (AvgIpc) is 2.94. The first kappa shape index (κ1) is 14.8. The summed E-state index contributed by atoms with van der Waals surface area (Å²) in [7, 11) is 0. The SMILES string of the molecule is CCC1(c2cccc3n[nH]nc23)C2CCCC1CNC2.Cl. The Morgan fingerprint density at radius 2 is 1.95 bits per heavy atom. The molecule has 0 radical (unpaired) electrons. The number of hydrogen-bond acceptors (Lipinski definition) is 3. The fourth-order valence-electron chi connectivity index (χ4n) is 4.91. The molecule has 2 aliphatic rings. The van der Waals surface area contributed by atoms with E-state index in [0.29, 0.717) is 5.41 Å². The standard InChI is InChI=1S/C16H22N4.ClH/c1-2-16(11-5-3-6-12(16)10-17-9-11)13-7-4-8-14-15(13)19-20-18-14;/h4,7-8,11-12,17H,2-3,5-6,9-10H2,1H3,(H,18,19,20);1H. The van der Waals surface area contributed by atoms with E-state index in [4.69, 9.17) is 0 Å².